The first kappa shape index (κ1) is 19.5. The smallest absolute Gasteiger partial charge is 0.332 e. The second-order valence-corrected chi connectivity index (χ2v) is 7.76. The fraction of sp³-hybridized carbons (Fsp3) is 0.120. The number of hydrogen-bond acceptors (Lipinski definition) is 4. The molecule has 0 unspecified atom stereocenters. The van der Waals surface area contributed by atoms with E-state index in [0.29, 0.717) is 22.4 Å². The number of hydrogen-bond donors (Lipinski definition) is 1. The summed E-state index contributed by atoms with van der Waals surface area (Å²) in [5.41, 5.74) is 3.78. The second-order valence-electron chi connectivity index (χ2n) is 7.76. The molecule has 0 bridgehead atoms. The van der Waals surface area contributed by atoms with Gasteiger partial charge in [-0.05, 0) is 18.6 Å². The van der Waals surface area contributed by atoms with Crippen molar-refractivity contribution in [1.29, 1.82) is 5.26 Å². The number of para-hydroxylation sites is 1. The van der Waals surface area contributed by atoms with Crippen LogP contribution in [0.2, 0.25) is 0 Å². The van der Waals surface area contributed by atoms with E-state index in [0.717, 1.165) is 26.7 Å². The summed E-state index contributed by atoms with van der Waals surface area (Å²) in [6, 6.07) is 19.4. The fourth-order valence-corrected chi connectivity index (χ4v) is 4.35. The van der Waals surface area contributed by atoms with Crippen LogP contribution in [0.15, 0.2) is 64.2 Å². The Morgan fingerprint density at radius 2 is 1.62 bits per heavy atom. The molecule has 7 nitrogen and oxygen atoms in total. The molecule has 0 spiro atoms. The van der Waals surface area contributed by atoms with Gasteiger partial charge in [-0.2, -0.15) is 5.26 Å². The summed E-state index contributed by atoms with van der Waals surface area (Å²) in [6.07, 6.45) is 0. The summed E-state index contributed by atoms with van der Waals surface area (Å²) in [6.45, 7) is 1.92. The van der Waals surface area contributed by atoms with Gasteiger partial charge >= 0.3 is 5.69 Å². The molecule has 0 saturated heterocycles. The van der Waals surface area contributed by atoms with Crippen molar-refractivity contribution in [2.24, 2.45) is 14.1 Å². The van der Waals surface area contributed by atoms with Crippen molar-refractivity contribution in [3.05, 3.63) is 86.7 Å². The molecule has 3 heterocycles. The Morgan fingerprint density at radius 3 is 2.34 bits per heavy atom. The molecule has 0 aliphatic heterocycles. The molecule has 1 N–H and O–H groups in total. The quantitative estimate of drug-likeness (QED) is 0.471. The van der Waals surface area contributed by atoms with E-state index in [-0.39, 0.29) is 11.0 Å². The number of nitrogens with zero attached hydrogens (tertiary/aromatic N) is 4. The van der Waals surface area contributed by atoms with Crippen molar-refractivity contribution < 1.29 is 0 Å². The average molecular weight is 421 g/mol. The monoisotopic (exact) mass is 421 g/mol. The second kappa shape index (κ2) is 7.06. The van der Waals surface area contributed by atoms with E-state index in [1.165, 1.54) is 11.6 Å². The van der Waals surface area contributed by atoms with Gasteiger partial charge in [0.15, 0.2) is 5.65 Å². The standard InChI is InChI=1S/C25H19N5O2/c1-14-19(16-11-7-8-12-18(16)27-14)22-17(13-26)20(15-9-5-4-6-10-15)21-23(28-22)29(2)25(32)30(3)24(21)31/h4-12,27H,1-3H3. The van der Waals surface area contributed by atoms with Crippen molar-refractivity contribution in [2.75, 3.05) is 0 Å². The Kier molecular flexibility index (Phi) is 4.31. The molecule has 0 saturated carbocycles. The summed E-state index contributed by atoms with van der Waals surface area (Å²) in [7, 11) is 3.02. The number of aryl methyl sites for hydroxylation is 2. The molecular formula is C25H19N5O2. The zero-order valence-corrected chi connectivity index (χ0v) is 17.8. The molecule has 7 heteroatoms. The molecule has 5 aromatic rings. The van der Waals surface area contributed by atoms with E-state index in [1.807, 2.05) is 61.5 Å². The maximum Gasteiger partial charge on any atom is 0.332 e. The lowest BCUT2D eigenvalue weighted by molar-refractivity contribution is 0.708. The van der Waals surface area contributed by atoms with Crippen LogP contribution in [0.5, 0.6) is 0 Å². The summed E-state index contributed by atoms with van der Waals surface area (Å²) < 4.78 is 2.41. The van der Waals surface area contributed by atoms with Crippen LogP contribution in [-0.2, 0) is 14.1 Å². The zero-order valence-electron chi connectivity index (χ0n) is 17.8. The van der Waals surface area contributed by atoms with Gasteiger partial charge in [-0.1, -0.05) is 48.5 Å². The van der Waals surface area contributed by atoms with Gasteiger partial charge in [0.05, 0.1) is 16.6 Å². The molecule has 0 fully saturated rings. The molecule has 0 amide bonds. The minimum atomic E-state index is -0.479. The number of nitriles is 1. The Balaban J connectivity index is 2.08. The lowest BCUT2D eigenvalue weighted by Gasteiger charge is -2.16. The highest BCUT2D eigenvalue weighted by atomic mass is 16.2. The molecule has 32 heavy (non-hydrogen) atoms. The zero-order chi connectivity index (χ0) is 22.6. The highest BCUT2D eigenvalue weighted by molar-refractivity contribution is 6.04. The lowest BCUT2D eigenvalue weighted by Crippen LogP contribution is -2.37. The van der Waals surface area contributed by atoms with Crippen LogP contribution in [0.3, 0.4) is 0 Å². The van der Waals surface area contributed by atoms with Gasteiger partial charge in [-0.25, -0.2) is 9.78 Å². The van der Waals surface area contributed by atoms with Crippen LogP contribution in [0.25, 0.3) is 44.3 Å². The van der Waals surface area contributed by atoms with Gasteiger partial charge in [0.25, 0.3) is 5.56 Å². The number of nitrogens with one attached hydrogen (secondary N) is 1. The van der Waals surface area contributed by atoms with Crippen LogP contribution in [0.1, 0.15) is 11.3 Å². The van der Waals surface area contributed by atoms with Crippen molar-refractivity contribution >= 4 is 21.9 Å². The third kappa shape index (κ3) is 2.63. The van der Waals surface area contributed by atoms with E-state index in [2.05, 4.69) is 11.1 Å². The molecule has 0 atom stereocenters. The van der Waals surface area contributed by atoms with Crippen molar-refractivity contribution in [1.82, 2.24) is 19.1 Å². The van der Waals surface area contributed by atoms with E-state index in [9.17, 15) is 14.9 Å². The van der Waals surface area contributed by atoms with Gasteiger partial charge in [-0.3, -0.25) is 13.9 Å². The summed E-state index contributed by atoms with van der Waals surface area (Å²) in [5.74, 6) is 0. The number of H-pyrrole nitrogens is 1. The summed E-state index contributed by atoms with van der Waals surface area (Å²) in [4.78, 5) is 34.0. The Bertz CT molecular complexity index is 1700. The fourth-order valence-electron chi connectivity index (χ4n) is 4.35. The van der Waals surface area contributed by atoms with Crippen LogP contribution in [-0.4, -0.2) is 19.1 Å². The van der Waals surface area contributed by atoms with Crippen molar-refractivity contribution in [3.8, 4) is 28.5 Å². The van der Waals surface area contributed by atoms with Crippen LogP contribution < -0.4 is 11.2 Å². The van der Waals surface area contributed by atoms with Gasteiger partial charge in [0.2, 0.25) is 0 Å². The third-order valence-electron chi connectivity index (χ3n) is 5.89. The lowest BCUT2D eigenvalue weighted by atomic mass is 9.93. The maximum atomic E-state index is 13.2. The van der Waals surface area contributed by atoms with Crippen molar-refractivity contribution in [2.45, 2.75) is 6.92 Å². The molecule has 3 aromatic heterocycles. The van der Waals surface area contributed by atoms with Gasteiger partial charge in [0, 0.05) is 41.8 Å². The largest absolute Gasteiger partial charge is 0.358 e. The average Bonchev–Trinajstić information content (AvgIpc) is 3.16. The highest BCUT2D eigenvalue weighted by Gasteiger charge is 2.25. The topological polar surface area (TPSA) is 96.5 Å². The maximum absolute atomic E-state index is 13.2. The molecule has 0 aliphatic rings. The highest BCUT2D eigenvalue weighted by Crippen LogP contribution is 2.39. The SMILES string of the molecule is Cc1[nH]c2ccccc2c1-c1nc2c(c(-c3ccccc3)c1C#N)c(=O)n(C)c(=O)n2C. The van der Waals surface area contributed by atoms with Crippen LogP contribution in [0, 0.1) is 18.3 Å². The summed E-state index contributed by atoms with van der Waals surface area (Å²) >= 11 is 0. The third-order valence-corrected chi connectivity index (χ3v) is 5.89. The first-order valence-corrected chi connectivity index (χ1v) is 10.1. The minimum absolute atomic E-state index is 0.246. The van der Waals surface area contributed by atoms with Gasteiger partial charge in [0.1, 0.15) is 6.07 Å². The van der Waals surface area contributed by atoms with Crippen LogP contribution in [0.4, 0.5) is 0 Å². The number of benzene rings is 2. The molecule has 0 radical (unpaired) electrons. The molecular weight excluding hydrogens is 402 g/mol. The van der Waals surface area contributed by atoms with Gasteiger partial charge < -0.3 is 4.98 Å². The normalized spacial score (nSPS) is 11.2. The van der Waals surface area contributed by atoms with E-state index >= 15 is 0 Å². The van der Waals surface area contributed by atoms with E-state index in [1.54, 1.807) is 7.05 Å². The van der Waals surface area contributed by atoms with Gasteiger partial charge in [-0.15, -0.1) is 0 Å². The molecule has 156 valence electrons. The number of rotatable bonds is 2. The molecule has 0 aliphatic carbocycles. The Labute approximate surface area is 182 Å². The van der Waals surface area contributed by atoms with E-state index < -0.39 is 11.2 Å². The molecule has 5 rings (SSSR count). The van der Waals surface area contributed by atoms with Crippen LogP contribution >= 0.6 is 0 Å². The van der Waals surface area contributed by atoms with E-state index in [4.69, 9.17) is 4.98 Å². The number of fused-ring (bicyclic) bond motifs is 2. The number of aromatic nitrogens is 4. The predicted octanol–water partition coefficient (Wildman–Crippen LogP) is 3.63. The Hall–Kier alpha value is -4.44. The Morgan fingerprint density at radius 1 is 0.938 bits per heavy atom. The minimum Gasteiger partial charge on any atom is -0.358 e. The van der Waals surface area contributed by atoms with Crippen molar-refractivity contribution in [3.63, 3.8) is 0 Å². The first-order chi connectivity index (χ1) is 15.4. The predicted molar refractivity (Wildman–Crippen MR) is 124 cm³/mol. The summed E-state index contributed by atoms with van der Waals surface area (Å²) in [5, 5.41) is 11.5. The molecule has 2 aromatic carbocycles. The number of pyridine rings is 1. The number of aromatic amines is 1. The first-order valence-electron chi connectivity index (χ1n) is 10.1.